The molecule has 0 heterocycles. The van der Waals surface area contributed by atoms with Crippen molar-refractivity contribution < 1.29 is 13.0 Å². The second-order valence-electron chi connectivity index (χ2n) is 2.34. The van der Waals surface area contributed by atoms with Crippen molar-refractivity contribution >= 4 is 21.5 Å². The summed E-state index contributed by atoms with van der Waals surface area (Å²) in [5, 5.41) is 11.4. The van der Waals surface area contributed by atoms with Crippen LogP contribution in [0.15, 0.2) is 28.2 Å². The predicted octanol–water partition coefficient (Wildman–Crippen LogP) is 2.08. The van der Waals surface area contributed by atoms with E-state index in [4.69, 9.17) is 15.5 Å². The third-order valence-electron chi connectivity index (χ3n) is 1.46. The van der Waals surface area contributed by atoms with Crippen LogP contribution in [0.3, 0.4) is 0 Å². The lowest BCUT2D eigenvalue weighted by atomic mass is 10.3. The fourth-order valence-electron chi connectivity index (χ4n) is 0.862. The summed E-state index contributed by atoms with van der Waals surface area (Å²) >= 11 is 0. The van der Waals surface area contributed by atoms with Gasteiger partial charge in [-0.05, 0) is 12.1 Å². The van der Waals surface area contributed by atoms with Gasteiger partial charge in [0.25, 0.3) is 0 Å². The topological polar surface area (TPSA) is 119 Å². The van der Waals surface area contributed by atoms with Gasteiger partial charge < -0.3 is 0 Å². The molecule has 0 atom stereocenters. The van der Waals surface area contributed by atoms with Gasteiger partial charge in [-0.25, -0.2) is 5.53 Å². The van der Waals surface area contributed by atoms with Gasteiger partial charge in [-0.3, -0.25) is 4.55 Å². The van der Waals surface area contributed by atoms with Crippen LogP contribution in [0.5, 0.6) is 0 Å². The lowest BCUT2D eigenvalue weighted by Gasteiger charge is -1.93. The molecule has 0 saturated carbocycles. The normalized spacial score (nSPS) is 10.6. The smallest absolute Gasteiger partial charge is 0.282 e. The number of benzene rings is 1. The Labute approximate surface area is 79.3 Å². The highest BCUT2D eigenvalue weighted by atomic mass is 32.2. The van der Waals surface area contributed by atoms with E-state index in [0.29, 0.717) is 0 Å². The Kier molecular flexibility index (Phi) is 2.55. The molecule has 0 aliphatic rings. The zero-order chi connectivity index (χ0) is 10.8. The van der Waals surface area contributed by atoms with Crippen molar-refractivity contribution in [2.45, 2.75) is 4.90 Å². The third-order valence-corrected chi connectivity index (χ3v) is 2.34. The monoisotopic (exact) mass is 213 g/mol. The van der Waals surface area contributed by atoms with Gasteiger partial charge in [0.15, 0.2) is 9.87 Å². The van der Waals surface area contributed by atoms with E-state index in [1.165, 1.54) is 6.07 Å². The van der Waals surface area contributed by atoms with Gasteiger partial charge in [-0.1, -0.05) is 0 Å². The molecule has 14 heavy (non-hydrogen) atoms. The van der Waals surface area contributed by atoms with Crippen LogP contribution >= 0.6 is 0 Å². The van der Waals surface area contributed by atoms with Gasteiger partial charge in [0.2, 0.25) is 5.39 Å². The van der Waals surface area contributed by atoms with E-state index >= 15 is 0 Å². The Balaban J connectivity index is 3.55. The van der Waals surface area contributed by atoms with Gasteiger partial charge in [-0.15, -0.1) is 0 Å². The largest absolute Gasteiger partial charge is 0.406 e. The minimum Gasteiger partial charge on any atom is -0.282 e. The maximum absolute atomic E-state index is 10.8. The van der Waals surface area contributed by atoms with Crippen LogP contribution in [0.25, 0.3) is 4.98 Å². The highest BCUT2D eigenvalue weighted by Crippen LogP contribution is 2.28. The molecule has 0 aliphatic heterocycles. The molecule has 0 amide bonds. The second-order valence-corrected chi connectivity index (χ2v) is 3.73. The van der Waals surface area contributed by atoms with E-state index in [0.717, 1.165) is 12.1 Å². The molecule has 0 spiro atoms. The molecule has 0 bridgehead atoms. The van der Waals surface area contributed by atoms with E-state index in [1.54, 1.807) is 0 Å². The number of hydrogen-bond acceptors (Lipinski definition) is 5. The summed E-state index contributed by atoms with van der Waals surface area (Å²) in [6.45, 7) is 0. The highest BCUT2D eigenvalue weighted by Gasteiger charge is 2.24. The second kappa shape index (κ2) is 3.49. The van der Waals surface area contributed by atoms with Crippen molar-refractivity contribution in [1.82, 2.24) is 0 Å². The summed E-state index contributed by atoms with van der Waals surface area (Å²) in [5.41, 5.74) is 6.35. The molecule has 1 aromatic rings. The van der Waals surface area contributed by atoms with Crippen LogP contribution in [0.4, 0.5) is 11.4 Å². The van der Waals surface area contributed by atoms with Crippen LogP contribution in [-0.2, 0) is 10.1 Å². The van der Waals surface area contributed by atoms with E-state index in [1.807, 2.05) is 0 Å². The molecule has 0 aromatic heterocycles. The molecule has 1 rings (SSSR count). The van der Waals surface area contributed by atoms with Crippen molar-refractivity contribution in [2.24, 2.45) is 5.11 Å². The summed E-state index contributed by atoms with van der Waals surface area (Å²) in [4.78, 5) is 2.08. The molecule has 7 nitrogen and oxygen atoms in total. The van der Waals surface area contributed by atoms with Crippen molar-refractivity contribution in [3.05, 3.63) is 23.2 Å². The van der Waals surface area contributed by atoms with Crippen LogP contribution < -0.4 is 0 Å². The third kappa shape index (κ3) is 1.90. The standard InChI is InChI=1S/C6H4N4O3S/c7-9-4-1-2-5(10-8)6(3-4)14(11,12)13/h1-3,7H/p+1. The molecule has 8 heteroatoms. The molecule has 1 aromatic carbocycles. The Morgan fingerprint density at radius 1 is 1.50 bits per heavy atom. The van der Waals surface area contributed by atoms with Crippen molar-refractivity contribution in [1.29, 1.82) is 10.9 Å². The first-order valence-corrected chi connectivity index (χ1v) is 4.77. The van der Waals surface area contributed by atoms with Crippen molar-refractivity contribution in [3.63, 3.8) is 0 Å². The SMILES string of the molecule is N#[N+]c1ccc(N=N)cc1S(=O)(=O)O. The lowest BCUT2D eigenvalue weighted by molar-refractivity contribution is 0.483. The summed E-state index contributed by atoms with van der Waals surface area (Å²) < 4.78 is 30.2. The lowest BCUT2D eigenvalue weighted by Crippen LogP contribution is -1.97. The molecular weight excluding hydrogens is 208 g/mol. The predicted molar refractivity (Wildman–Crippen MR) is 45.8 cm³/mol. The van der Waals surface area contributed by atoms with Crippen molar-refractivity contribution in [2.75, 3.05) is 0 Å². The van der Waals surface area contributed by atoms with Crippen LogP contribution in [0, 0.1) is 10.9 Å². The number of rotatable bonds is 2. The average Bonchev–Trinajstić information content (AvgIpc) is 2.15. The van der Waals surface area contributed by atoms with E-state index in [9.17, 15) is 8.42 Å². The van der Waals surface area contributed by atoms with Gasteiger partial charge >= 0.3 is 15.8 Å². The number of nitrogens with zero attached hydrogens (tertiary/aromatic N) is 3. The number of nitrogens with one attached hydrogen (secondary N) is 1. The molecule has 0 aliphatic carbocycles. The first-order chi connectivity index (χ1) is 6.49. The Hall–Kier alpha value is -1.85. The quantitative estimate of drug-likeness (QED) is 0.444. The zero-order valence-corrected chi connectivity index (χ0v) is 7.56. The maximum Gasteiger partial charge on any atom is 0.406 e. The van der Waals surface area contributed by atoms with Gasteiger partial charge in [0, 0.05) is 6.07 Å². The Bertz CT molecular complexity index is 516. The molecular formula is C6H5N4O3S+. The van der Waals surface area contributed by atoms with Gasteiger partial charge in [0.1, 0.15) is 0 Å². The minimum atomic E-state index is -4.48. The van der Waals surface area contributed by atoms with E-state index < -0.39 is 15.0 Å². The molecule has 72 valence electrons. The fraction of sp³-hybridized carbons (Fsp3) is 0. The number of diazo groups is 1. The maximum atomic E-state index is 10.8. The molecule has 0 fully saturated rings. The molecule has 0 radical (unpaired) electrons. The first-order valence-electron chi connectivity index (χ1n) is 3.33. The number of hydrogen-bond donors (Lipinski definition) is 2. The van der Waals surface area contributed by atoms with Crippen LogP contribution in [0.2, 0.25) is 0 Å². The zero-order valence-electron chi connectivity index (χ0n) is 6.75. The van der Waals surface area contributed by atoms with Crippen molar-refractivity contribution in [3.8, 4) is 0 Å². The first kappa shape index (κ1) is 10.2. The summed E-state index contributed by atoms with van der Waals surface area (Å²) in [5.74, 6) is 0. The summed E-state index contributed by atoms with van der Waals surface area (Å²) in [6, 6.07) is 3.32. The average molecular weight is 213 g/mol. The molecule has 2 N–H and O–H groups in total. The van der Waals surface area contributed by atoms with Gasteiger partial charge in [-0.2, -0.15) is 13.5 Å². The Morgan fingerprint density at radius 2 is 2.14 bits per heavy atom. The molecule has 0 unspecified atom stereocenters. The summed E-state index contributed by atoms with van der Waals surface area (Å²) in [6.07, 6.45) is 0. The van der Waals surface area contributed by atoms with E-state index in [2.05, 4.69) is 10.1 Å². The Morgan fingerprint density at radius 3 is 2.57 bits per heavy atom. The molecule has 0 saturated heterocycles. The van der Waals surface area contributed by atoms with E-state index in [-0.39, 0.29) is 11.4 Å². The van der Waals surface area contributed by atoms with Gasteiger partial charge in [0.05, 0.1) is 5.69 Å². The van der Waals surface area contributed by atoms with Crippen LogP contribution in [0.1, 0.15) is 0 Å². The highest BCUT2D eigenvalue weighted by molar-refractivity contribution is 7.86. The summed E-state index contributed by atoms with van der Waals surface area (Å²) in [7, 11) is -4.48. The fourth-order valence-corrected chi connectivity index (χ4v) is 1.50. The minimum absolute atomic E-state index is 0.0324. The van der Waals surface area contributed by atoms with Crippen LogP contribution in [-0.4, -0.2) is 13.0 Å².